The lowest BCUT2D eigenvalue weighted by Crippen LogP contribution is -2.25. The van der Waals surface area contributed by atoms with Crippen molar-refractivity contribution in [3.8, 4) is 5.75 Å². The quantitative estimate of drug-likeness (QED) is 0.731. The first-order valence-electron chi connectivity index (χ1n) is 5.47. The predicted molar refractivity (Wildman–Crippen MR) is 63.2 cm³/mol. The third-order valence-corrected chi connectivity index (χ3v) is 2.79. The average molecular weight is 245 g/mol. The van der Waals surface area contributed by atoms with Gasteiger partial charge in [-0.05, 0) is 17.7 Å². The van der Waals surface area contributed by atoms with Gasteiger partial charge < -0.3 is 15.2 Å². The first kappa shape index (κ1) is 10.8. The number of amides is 1. The van der Waals surface area contributed by atoms with Gasteiger partial charge in [0.05, 0.1) is 11.9 Å². The molecule has 3 N–H and O–H groups in total. The normalized spacial score (nSPS) is 15.5. The van der Waals surface area contributed by atoms with Gasteiger partial charge in [0.15, 0.2) is 6.61 Å². The lowest BCUT2D eigenvalue weighted by molar-refractivity contribution is -0.118. The number of aliphatic hydroxyl groups excluding tert-OH is 1. The number of H-pyrrole nitrogens is 1. The number of nitrogens with one attached hydrogen (secondary N) is 2. The fraction of sp³-hybridized carbons (Fsp3) is 0.167. The highest BCUT2D eigenvalue weighted by Gasteiger charge is 2.19. The molecule has 0 aliphatic carbocycles. The van der Waals surface area contributed by atoms with Crippen molar-refractivity contribution in [2.75, 3.05) is 11.9 Å². The van der Waals surface area contributed by atoms with Crippen molar-refractivity contribution in [3.63, 3.8) is 0 Å². The van der Waals surface area contributed by atoms with Gasteiger partial charge in [0.2, 0.25) is 0 Å². The molecule has 2 heterocycles. The number of hydrogen-bond donors (Lipinski definition) is 3. The van der Waals surface area contributed by atoms with Crippen molar-refractivity contribution in [2.45, 2.75) is 6.10 Å². The molecule has 1 aliphatic rings. The van der Waals surface area contributed by atoms with Gasteiger partial charge in [-0.2, -0.15) is 5.10 Å². The summed E-state index contributed by atoms with van der Waals surface area (Å²) in [4.78, 5) is 11.2. The Morgan fingerprint density at radius 1 is 1.39 bits per heavy atom. The highest BCUT2D eigenvalue weighted by atomic mass is 16.5. The minimum absolute atomic E-state index is 0.0244. The first-order chi connectivity index (χ1) is 8.74. The monoisotopic (exact) mass is 245 g/mol. The number of anilines is 1. The van der Waals surface area contributed by atoms with Crippen LogP contribution in [0.15, 0.2) is 30.6 Å². The maximum absolute atomic E-state index is 11.2. The molecule has 3 rings (SSSR count). The zero-order chi connectivity index (χ0) is 12.5. The fourth-order valence-corrected chi connectivity index (χ4v) is 1.87. The van der Waals surface area contributed by atoms with E-state index in [4.69, 9.17) is 4.74 Å². The summed E-state index contributed by atoms with van der Waals surface area (Å²) in [6.07, 6.45) is 2.39. The van der Waals surface area contributed by atoms with Crippen LogP contribution in [0.2, 0.25) is 0 Å². The second-order valence-electron chi connectivity index (χ2n) is 4.03. The second-order valence-corrected chi connectivity index (χ2v) is 4.03. The highest BCUT2D eigenvalue weighted by Crippen LogP contribution is 2.32. The van der Waals surface area contributed by atoms with Gasteiger partial charge in [0, 0.05) is 11.8 Å². The Balaban J connectivity index is 1.94. The number of aliphatic hydroxyl groups is 1. The number of aromatic amines is 1. The van der Waals surface area contributed by atoms with Crippen molar-refractivity contribution in [1.29, 1.82) is 0 Å². The molecule has 1 atom stereocenters. The van der Waals surface area contributed by atoms with Gasteiger partial charge in [-0.1, -0.05) is 6.07 Å². The SMILES string of the molecule is O=C1COc2ccc(C(O)c3cn[nH]c3)cc2N1. The van der Waals surface area contributed by atoms with Crippen LogP contribution in [0.4, 0.5) is 5.69 Å². The largest absolute Gasteiger partial charge is 0.482 e. The highest BCUT2D eigenvalue weighted by molar-refractivity contribution is 5.95. The second kappa shape index (κ2) is 4.15. The summed E-state index contributed by atoms with van der Waals surface area (Å²) in [7, 11) is 0. The molecule has 1 aromatic heterocycles. The number of ether oxygens (including phenoxy) is 1. The molecule has 0 saturated carbocycles. The number of benzene rings is 1. The van der Waals surface area contributed by atoms with Crippen LogP contribution in [0.25, 0.3) is 0 Å². The topological polar surface area (TPSA) is 87.2 Å². The van der Waals surface area contributed by atoms with Gasteiger partial charge in [0.25, 0.3) is 5.91 Å². The predicted octanol–water partition coefficient (Wildman–Crippen LogP) is 0.822. The maximum Gasteiger partial charge on any atom is 0.262 e. The van der Waals surface area contributed by atoms with Crippen LogP contribution in [-0.2, 0) is 4.79 Å². The number of nitrogens with zero attached hydrogens (tertiary/aromatic N) is 1. The van der Waals surface area contributed by atoms with Crippen LogP contribution in [0.5, 0.6) is 5.75 Å². The van der Waals surface area contributed by atoms with Gasteiger partial charge >= 0.3 is 0 Å². The lowest BCUT2D eigenvalue weighted by atomic mass is 10.0. The molecule has 6 nitrogen and oxygen atoms in total. The van der Waals surface area contributed by atoms with E-state index in [0.29, 0.717) is 22.6 Å². The zero-order valence-corrected chi connectivity index (χ0v) is 9.38. The lowest BCUT2D eigenvalue weighted by Gasteiger charge is -2.19. The van der Waals surface area contributed by atoms with E-state index < -0.39 is 6.10 Å². The van der Waals surface area contributed by atoms with Crippen LogP contribution in [0.1, 0.15) is 17.2 Å². The molecule has 6 heteroatoms. The molecule has 0 saturated heterocycles. The number of aromatic nitrogens is 2. The summed E-state index contributed by atoms with van der Waals surface area (Å²) in [6, 6.07) is 5.19. The standard InChI is InChI=1S/C12H11N3O3/c16-11-6-18-10-2-1-7(3-9(10)15-11)12(17)8-4-13-14-5-8/h1-5,12,17H,6H2,(H,13,14)(H,15,16). The van der Waals surface area contributed by atoms with Gasteiger partial charge in [0.1, 0.15) is 11.9 Å². The van der Waals surface area contributed by atoms with E-state index in [1.165, 1.54) is 0 Å². The molecule has 0 radical (unpaired) electrons. The zero-order valence-electron chi connectivity index (χ0n) is 9.38. The Hall–Kier alpha value is -2.34. The molecule has 1 unspecified atom stereocenters. The van der Waals surface area contributed by atoms with E-state index in [1.54, 1.807) is 30.6 Å². The summed E-state index contributed by atoms with van der Waals surface area (Å²) in [5.41, 5.74) is 1.91. The van der Waals surface area contributed by atoms with E-state index in [0.717, 1.165) is 0 Å². The Bertz CT molecular complexity index is 580. The van der Waals surface area contributed by atoms with Gasteiger partial charge in [-0.3, -0.25) is 9.89 Å². The van der Waals surface area contributed by atoms with Crippen molar-refractivity contribution in [3.05, 3.63) is 41.7 Å². The van der Waals surface area contributed by atoms with E-state index in [1.807, 2.05) is 0 Å². The molecule has 1 amide bonds. The molecule has 92 valence electrons. The van der Waals surface area contributed by atoms with Gasteiger partial charge in [-0.25, -0.2) is 0 Å². The Morgan fingerprint density at radius 2 is 2.28 bits per heavy atom. The van der Waals surface area contributed by atoms with Crippen LogP contribution < -0.4 is 10.1 Å². The van der Waals surface area contributed by atoms with E-state index >= 15 is 0 Å². The molecule has 1 aliphatic heterocycles. The summed E-state index contributed by atoms with van der Waals surface area (Å²) < 4.78 is 5.25. The molecule has 1 aromatic carbocycles. The molecule has 0 spiro atoms. The molecular weight excluding hydrogens is 234 g/mol. The van der Waals surface area contributed by atoms with Crippen LogP contribution in [0, 0.1) is 0 Å². The molecule has 18 heavy (non-hydrogen) atoms. The van der Waals surface area contributed by atoms with E-state index in [-0.39, 0.29) is 12.5 Å². The Labute approximate surface area is 103 Å². The molecule has 2 aromatic rings. The Kier molecular flexibility index (Phi) is 2.49. The van der Waals surface area contributed by atoms with Crippen molar-refractivity contribution in [1.82, 2.24) is 10.2 Å². The van der Waals surface area contributed by atoms with Crippen molar-refractivity contribution in [2.24, 2.45) is 0 Å². The summed E-state index contributed by atoms with van der Waals surface area (Å²) in [5.74, 6) is 0.412. The number of carbonyl (C=O) groups is 1. The maximum atomic E-state index is 11.2. The molecule has 0 fully saturated rings. The minimum Gasteiger partial charge on any atom is -0.482 e. The summed E-state index contributed by atoms with van der Waals surface area (Å²) in [6.45, 7) is 0.0244. The summed E-state index contributed by atoms with van der Waals surface area (Å²) >= 11 is 0. The van der Waals surface area contributed by atoms with Crippen LogP contribution in [0.3, 0.4) is 0 Å². The number of rotatable bonds is 2. The molecular formula is C12H11N3O3. The number of fused-ring (bicyclic) bond motifs is 1. The third-order valence-electron chi connectivity index (χ3n) is 2.79. The average Bonchev–Trinajstić information content (AvgIpc) is 2.90. The minimum atomic E-state index is -0.784. The van der Waals surface area contributed by atoms with E-state index in [9.17, 15) is 9.90 Å². The smallest absolute Gasteiger partial charge is 0.262 e. The van der Waals surface area contributed by atoms with Crippen LogP contribution >= 0.6 is 0 Å². The fourth-order valence-electron chi connectivity index (χ4n) is 1.87. The summed E-state index contributed by atoms with van der Waals surface area (Å²) in [5, 5.41) is 19.3. The van der Waals surface area contributed by atoms with Gasteiger partial charge in [-0.15, -0.1) is 0 Å². The van der Waals surface area contributed by atoms with Crippen molar-refractivity contribution >= 4 is 11.6 Å². The van der Waals surface area contributed by atoms with Crippen LogP contribution in [-0.4, -0.2) is 27.8 Å². The van der Waals surface area contributed by atoms with Crippen molar-refractivity contribution < 1.29 is 14.6 Å². The molecule has 0 bridgehead atoms. The first-order valence-corrected chi connectivity index (χ1v) is 5.47. The number of carbonyl (C=O) groups excluding carboxylic acids is 1. The Morgan fingerprint density at radius 3 is 3.06 bits per heavy atom. The third kappa shape index (κ3) is 1.82. The van der Waals surface area contributed by atoms with E-state index in [2.05, 4.69) is 15.5 Å². The number of hydrogen-bond acceptors (Lipinski definition) is 4.